The van der Waals surface area contributed by atoms with Gasteiger partial charge in [0, 0.05) is 37.8 Å². The number of para-hydroxylation sites is 1. The number of thiocarbonyl (C=S) groups is 1. The molecular formula is C22H25N3O3S. The first-order valence-corrected chi connectivity index (χ1v) is 9.52. The third-order valence-electron chi connectivity index (χ3n) is 4.10. The van der Waals surface area contributed by atoms with Gasteiger partial charge in [0.25, 0.3) is 0 Å². The van der Waals surface area contributed by atoms with Crippen molar-refractivity contribution in [1.29, 1.82) is 0 Å². The lowest BCUT2D eigenvalue weighted by molar-refractivity contribution is -0.128. The fourth-order valence-electron chi connectivity index (χ4n) is 2.56. The van der Waals surface area contributed by atoms with Gasteiger partial charge in [0.1, 0.15) is 5.75 Å². The van der Waals surface area contributed by atoms with Gasteiger partial charge in [0.05, 0.1) is 7.11 Å². The van der Waals surface area contributed by atoms with Gasteiger partial charge in [-0.1, -0.05) is 30.3 Å². The van der Waals surface area contributed by atoms with E-state index in [4.69, 9.17) is 17.0 Å². The van der Waals surface area contributed by atoms with Crippen molar-refractivity contribution in [3.63, 3.8) is 0 Å². The molecule has 0 spiro atoms. The van der Waals surface area contributed by atoms with E-state index in [1.807, 2.05) is 48.5 Å². The van der Waals surface area contributed by atoms with Crippen LogP contribution in [0, 0.1) is 0 Å². The van der Waals surface area contributed by atoms with Crippen molar-refractivity contribution < 1.29 is 14.3 Å². The largest absolute Gasteiger partial charge is 0.496 e. The van der Waals surface area contributed by atoms with Gasteiger partial charge in [0.2, 0.25) is 11.8 Å². The number of aryl methyl sites for hydroxylation is 1. The van der Waals surface area contributed by atoms with Crippen LogP contribution in [0.4, 0.5) is 5.69 Å². The topological polar surface area (TPSA) is 70.7 Å². The molecule has 0 aromatic heterocycles. The number of benzene rings is 2. The average molecular weight is 412 g/mol. The van der Waals surface area contributed by atoms with Gasteiger partial charge in [-0.3, -0.25) is 14.9 Å². The Hall–Kier alpha value is -3.19. The number of nitrogens with one attached hydrogen (secondary N) is 2. The summed E-state index contributed by atoms with van der Waals surface area (Å²) in [6.45, 7) is 0. The molecule has 0 atom stereocenters. The normalized spacial score (nSPS) is 10.4. The zero-order chi connectivity index (χ0) is 21.2. The Morgan fingerprint density at radius 2 is 1.90 bits per heavy atom. The molecule has 152 valence electrons. The van der Waals surface area contributed by atoms with Crippen LogP contribution in [-0.4, -0.2) is 43.0 Å². The predicted molar refractivity (Wildman–Crippen MR) is 120 cm³/mol. The number of anilines is 1. The quantitative estimate of drug-likeness (QED) is 0.541. The molecule has 29 heavy (non-hydrogen) atoms. The molecule has 2 rings (SSSR count). The number of methoxy groups -OCH3 is 1. The van der Waals surface area contributed by atoms with E-state index in [0.717, 1.165) is 16.8 Å². The molecule has 7 heteroatoms. The van der Waals surface area contributed by atoms with E-state index in [-0.39, 0.29) is 16.9 Å². The summed E-state index contributed by atoms with van der Waals surface area (Å²) in [4.78, 5) is 25.4. The minimum Gasteiger partial charge on any atom is -0.496 e. The summed E-state index contributed by atoms with van der Waals surface area (Å²) in [5.41, 5.74) is 2.55. The lowest BCUT2D eigenvalue weighted by Crippen LogP contribution is -2.32. The number of nitrogens with zero attached hydrogens (tertiary/aromatic N) is 1. The molecule has 2 amide bonds. The second kappa shape index (κ2) is 11.0. The SMILES string of the molecule is COc1ccccc1/C=C/C(=O)NC(=S)Nc1cccc(CCC(=O)N(C)C)c1. The Kier molecular flexibility index (Phi) is 8.36. The number of ether oxygens (including phenoxy) is 1. The fraction of sp³-hybridized carbons (Fsp3) is 0.227. The number of carbonyl (C=O) groups is 2. The summed E-state index contributed by atoms with van der Waals surface area (Å²) in [6.07, 6.45) is 4.13. The third kappa shape index (κ3) is 7.38. The number of amides is 2. The molecule has 2 aromatic rings. The molecule has 0 radical (unpaired) electrons. The number of hydrogen-bond acceptors (Lipinski definition) is 4. The molecule has 0 saturated heterocycles. The maximum Gasteiger partial charge on any atom is 0.250 e. The smallest absolute Gasteiger partial charge is 0.250 e. The highest BCUT2D eigenvalue weighted by molar-refractivity contribution is 7.80. The van der Waals surface area contributed by atoms with Crippen molar-refractivity contribution in [2.24, 2.45) is 0 Å². The van der Waals surface area contributed by atoms with E-state index < -0.39 is 0 Å². The summed E-state index contributed by atoms with van der Waals surface area (Å²) in [6, 6.07) is 15.0. The van der Waals surface area contributed by atoms with E-state index in [2.05, 4.69) is 10.6 Å². The van der Waals surface area contributed by atoms with E-state index in [1.165, 1.54) is 6.08 Å². The molecule has 0 aliphatic carbocycles. The zero-order valence-corrected chi connectivity index (χ0v) is 17.6. The van der Waals surface area contributed by atoms with Crippen LogP contribution >= 0.6 is 12.2 Å². The first-order chi connectivity index (χ1) is 13.9. The third-order valence-corrected chi connectivity index (χ3v) is 4.31. The molecule has 0 unspecified atom stereocenters. The van der Waals surface area contributed by atoms with Crippen molar-refractivity contribution in [3.05, 3.63) is 65.7 Å². The van der Waals surface area contributed by atoms with Crippen molar-refractivity contribution in [2.45, 2.75) is 12.8 Å². The highest BCUT2D eigenvalue weighted by Crippen LogP contribution is 2.18. The number of carbonyl (C=O) groups excluding carboxylic acids is 2. The van der Waals surface area contributed by atoms with Crippen LogP contribution < -0.4 is 15.4 Å². The van der Waals surface area contributed by atoms with Crippen LogP contribution in [0.2, 0.25) is 0 Å². The standard InChI is InChI=1S/C22H25N3O3S/c1-25(2)21(27)14-11-16-7-6-9-18(15-16)23-22(29)24-20(26)13-12-17-8-4-5-10-19(17)28-3/h4-10,12-13,15H,11,14H2,1-3H3,(H2,23,24,26,29)/b13-12+. The van der Waals surface area contributed by atoms with Crippen LogP contribution in [0.25, 0.3) is 6.08 Å². The Morgan fingerprint density at radius 1 is 1.14 bits per heavy atom. The van der Waals surface area contributed by atoms with Crippen molar-refractivity contribution >= 4 is 40.9 Å². The molecule has 2 aromatic carbocycles. The zero-order valence-electron chi connectivity index (χ0n) is 16.8. The van der Waals surface area contributed by atoms with Gasteiger partial charge in [-0.05, 0) is 48.5 Å². The fourth-order valence-corrected chi connectivity index (χ4v) is 2.78. The minimum absolute atomic E-state index is 0.0768. The molecule has 0 bridgehead atoms. The Bertz CT molecular complexity index is 910. The van der Waals surface area contributed by atoms with Crippen molar-refractivity contribution in [3.8, 4) is 5.75 Å². The summed E-state index contributed by atoms with van der Waals surface area (Å²) in [5, 5.41) is 5.80. The minimum atomic E-state index is -0.346. The van der Waals surface area contributed by atoms with E-state index in [1.54, 1.807) is 32.2 Å². The first-order valence-electron chi connectivity index (χ1n) is 9.11. The van der Waals surface area contributed by atoms with E-state index >= 15 is 0 Å². The molecule has 2 N–H and O–H groups in total. The lowest BCUT2D eigenvalue weighted by atomic mass is 10.1. The van der Waals surface area contributed by atoms with Gasteiger partial charge in [0.15, 0.2) is 5.11 Å². The Morgan fingerprint density at radius 3 is 2.62 bits per heavy atom. The first kappa shape index (κ1) is 22.1. The van der Waals surface area contributed by atoms with Gasteiger partial charge in [-0.2, -0.15) is 0 Å². The highest BCUT2D eigenvalue weighted by atomic mass is 32.1. The average Bonchev–Trinajstić information content (AvgIpc) is 2.70. The highest BCUT2D eigenvalue weighted by Gasteiger charge is 2.06. The van der Waals surface area contributed by atoms with Crippen LogP contribution in [0.15, 0.2) is 54.6 Å². The Labute approximate surface area is 176 Å². The van der Waals surface area contributed by atoms with Gasteiger partial charge in [-0.25, -0.2) is 0 Å². The van der Waals surface area contributed by atoms with Crippen LogP contribution in [0.3, 0.4) is 0 Å². The molecular weight excluding hydrogens is 386 g/mol. The number of hydrogen-bond donors (Lipinski definition) is 2. The molecule has 0 saturated carbocycles. The van der Waals surface area contributed by atoms with Crippen LogP contribution in [-0.2, 0) is 16.0 Å². The lowest BCUT2D eigenvalue weighted by Gasteiger charge is -2.11. The van der Waals surface area contributed by atoms with Crippen LogP contribution in [0.1, 0.15) is 17.5 Å². The summed E-state index contributed by atoms with van der Waals surface area (Å²) < 4.78 is 5.25. The maximum atomic E-state index is 12.1. The molecule has 0 heterocycles. The summed E-state index contributed by atoms with van der Waals surface area (Å²) in [7, 11) is 5.06. The summed E-state index contributed by atoms with van der Waals surface area (Å²) >= 11 is 5.21. The monoisotopic (exact) mass is 411 g/mol. The molecule has 0 aliphatic rings. The maximum absolute atomic E-state index is 12.1. The van der Waals surface area contributed by atoms with E-state index in [9.17, 15) is 9.59 Å². The van der Waals surface area contributed by atoms with Gasteiger partial charge in [-0.15, -0.1) is 0 Å². The van der Waals surface area contributed by atoms with Crippen molar-refractivity contribution in [1.82, 2.24) is 10.2 Å². The van der Waals surface area contributed by atoms with Crippen LogP contribution in [0.5, 0.6) is 5.75 Å². The molecule has 0 fully saturated rings. The Balaban J connectivity index is 1.90. The predicted octanol–water partition coefficient (Wildman–Crippen LogP) is 3.24. The number of rotatable bonds is 7. The summed E-state index contributed by atoms with van der Waals surface area (Å²) in [5.74, 6) is 0.413. The van der Waals surface area contributed by atoms with Gasteiger partial charge < -0.3 is 15.0 Å². The second-order valence-electron chi connectivity index (χ2n) is 6.51. The molecule has 0 aliphatic heterocycles. The van der Waals surface area contributed by atoms with Gasteiger partial charge >= 0.3 is 0 Å². The van der Waals surface area contributed by atoms with E-state index in [0.29, 0.717) is 18.6 Å². The molecule has 6 nitrogen and oxygen atoms in total. The second-order valence-corrected chi connectivity index (χ2v) is 6.92. The van der Waals surface area contributed by atoms with Crippen molar-refractivity contribution in [2.75, 3.05) is 26.5 Å².